The first-order valence-electron chi connectivity index (χ1n) is 8.62. The van der Waals surface area contributed by atoms with Crippen LogP contribution in [0.25, 0.3) is 0 Å². The van der Waals surface area contributed by atoms with Crippen molar-refractivity contribution in [2.45, 2.75) is 41.9 Å². The first kappa shape index (κ1) is 20.1. The molecule has 148 valence electrons. The first-order chi connectivity index (χ1) is 12.7. The summed E-state index contributed by atoms with van der Waals surface area (Å²) in [6.45, 7) is 0.653. The van der Waals surface area contributed by atoms with Gasteiger partial charge in [-0.05, 0) is 18.2 Å². The number of nitrogens with one attached hydrogen (secondary N) is 1. The molecule has 2 aliphatic heterocycles. The zero-order valence-electron chi connectivity index (χ0n) is 14.5. The molecule has 3 unspecified atom stereocenters. The van der Waals surface area contributed by atoms with Gasteiger partial charge in [0.1, 0.15) is 0 Å². The van der Waals surface area contributed by atoms with Crippen molar-refractivity contribution in [1.29, 1.82) is 5.26 Å². The highest BCUT2D eigenvalue weighted by Gasteiger charge is 2.41. The van der Waals surface area contributed by atoms with Crippen molar-refractivity contribution < 1.29 is 27.0 Å². The topological polar surface area (TPSA) is 103 Å². The highest BCUT2D eigenvalue weighted by atomic mass is 32.2. The number of likely N-dealkylation sites (tertiary alicyclic amines) is 1. The highest BCUT2D eigenvalue weighted by Crippen LogP contribution is 2.28. The lowest BCUT2D eigenvalue weighted by Gasteiger charge is -2.33. The summed E-state index contributed by atoms with van der Waals surface area (Å²) in [5, 5.41) is 19.3. The first-order valence-corrected chi connectivity index (χ1v) is 10.1. The van der Waals surface area contributed by atoms with Crippen molar-refractivity contribution in [3.05, 3.63) is 29.8 Å². The van der Waals surface area contributed by atoms with Gasteiger partial charge in [0.25, 0.3) is 5.92 Å². The Kier molecular flexibility index (Phi) is 5.79. The molecule has 0 amide bonds. The number of aliphatic hydroxyl groups is 1. The van der Waals surface area contributed by atoms with E-state index in [1.165, 1.54) is 24.3 Å². The van der Waals surface area contributed by atoms with Crippen molar-refractivity contribution in [2.24, 2.45) is 0 Å². The third-order valence-electron chi connectivity index (χ3n) is 4.89. The monoisotopic (exact) mass is 401 g/mol. The van der Waals surface area contributed by atoms with E-state index in [1.807, 2.05) is 6.07 Å². The number of sulfonamides is 1. The van der Waals surface area contributed by atoms with Crippen LogP contribution in [0.3, 0.4) is 0 Å². The molecule has 3 atom stereocenters. The maximum absolute atomic E-state index is 13.2. The molecular weight excluding hydrogens is 380 g/mol. The Bertz CT molecular complexity index is 818. The Hall–Kier alpha value is -1.64. The van der Waals surface area contributed by atoms with Gasteiger partial charge in [0.2, 0.25) is 10.0 Å². The fourth-order valence-corrected chi connectivity index (χ4v) is 4.55. The van der Waals surface area contributed by atoms with Gasteiger partial charge >= 0.3 is 0 Å². The molecule has 2 heterocycles. The minimum absolute atomic E-state index is 0.0208. The van der Waals surface area contributed by atoms with Crippen molar-refractivity contribution in [3.8, 4) is 6.07 Å². The molecule has 1 aromatic carbocycles. The molecule has 3 rings (SSSR count). The molecule has 0 saturated carbocycles. The second-order valence-corrected chi connectivity index (χ2v) is 8.60. The molecule has 2 saturated heterocycles. The van der Waals surface area contributed by atoms with Gasteiger partial charge in [-0.3, -0.25) is 0 Å². The number of alkyl halides is 2. The molecule has 1 aromatic rings. The minimum Gasteiger partial charge on any atom is -0.389 e. The van der Waals surface area contributed by atoms with Gasteiger partial charge in [0.05, 0.1) is 41.4 Å². The standard InChI is InChI=1S/C17H21F2N3O4S/c18-17(19)4-6-22(7-5-17)10-15-16(23)14(11-26-15)21-27(24,25)13-3-1-2-12(8-13)9-20/h1-3,8,14-16,21,23H,4-7,10-11H2. The van der Waals surface area contributed by atoms with E-state index < -0.39 is 34.2 Å². The van der Waals surface area contributed by atoms with Crippen LogP contribution in [-0.4, -0.2) is 68.8 Å². The summed E-state index contributed by atoms with van der Waals surface area (Å²) in [7, 11) is -3.94. The van der Waals surface area contributed by atoms with E-state index in [4.69, 9.17) is 10.00 Å². The molecule has 7 nitrogen and oxygen atoms in total. The molecule has 0 aliphatic carbocycles. The normalized spacial score (nSPS) is 28.7. The molecule has 0 spiro atoms. The van der Waals surface area contributed by atoms with E-state index in [2.05, 4.69) is 4.72 Å². The predicted octanol–water partition coefficient (Wildman–Crippen LogP) is 0.696. The average Bonchev–Trinajstić information content (AvgIpc) is 2.96. The van der Waals surface area contributed by atoms with Gasteiger partial charge in [0, 0.05) is 32.5 Å². The van der Waals surface area contributed by atoms with Crippen molar-refractivity contribution in [1.82, 2.24) is 9.62 Å². The number of nitrogens with zero attached hydrogens (tertiary/aromatic N) is 2. The third kappa shape index (κ3) is 4.80. The van der Waals surface area contributed by atoms with Gasteiger partial charge < -0.3 is 14.7 Å². The van der Waals surface area contributed by atoms with E-state index in [-0.39, 0.29) is 49.5 Å². The van der Waals surface area contributed by atoms with Crippen molar-refractivity contribution in [2.75, 3.05) is 26.2 Å². The van der Waals surface area contributed by atoms with Gasteiger partial charge in [-0.25, -0.2) is 21.9 Å². The third-order valence-corrected chi connectivity index (χ3v) is 6.38. The van der Waals surface area contributed by atoms with Crippen LogP contribution < -0.4 is 4.72 Å². The summed E-state index contributed by atoms with van der Waals surface area (Å²) >= 11 is 0. The van der Waals surface area contributed by atoms with E-state index in [0.29, 0.717) is 0 Å². The molecule has 0 aromatic heterocycles. The maximum atomic E-state index is 13.2. The largest absolute Gasteiger partial charge is 0.389 e. The summed E-state index contributed by atoms with van der Waals surface area (Å²) in [6, 6.07) is 6.58. The summed E-state index contributed by atoms with van der Waals surface area (Å²) in [6.07, 6.45) is -2.22. The quantitative estimate of drug-likeness (QED) is 0.753. The SMILES string of the molecule is N#Cc1cccc(S(=O)(=O)NC2COC(CN3CCC(F)(F)CC3)C2O)c1. The van der Waals surface area contributed by atoms with Crippen molar-refractivity contribution in [3.63, 3.8) is 0 Å². The second kappa shape index (κ2) is 7.77. The molecule has 0 bridgehead atoms. The van der Waals surface area contributed by atoms with Crippen LogP contribution in [-0.2, 0) is 14.8 Å². The predicted molar refractivity (Wildman–Crippen MR) is 91.6 cm³/mol. The lowest BCUT2D eigenvalue weighted by Crippen LogP contribution is -2.48. The molecule has 10 heteroatoms. The summed E-state index contributed by atoms with van der Waals surface area (Å²) < 4.78 is 59.3. The molecule has 0 radical (unpaired) electrons. The lowest BCUT2D eigenvalue weighted by atomic mass is 10.0. The Morgan fingerprint density at radius 2 is 2.07 bits per heavy atom. The van der Waals surface area contributed by atoms with Crippen LogP contribution in [0.4, 0.5) is 8.78 Å². The Morgan fingerprint density at radius 1 is 1.37 bits per heavy atom. The zero-order valence-corrected chi connectivity index (χ0v) is 15.3. The summed E-state index contributed by atoms with van der Waals surface area (Å²) in [5.41, 5.74) is 0.209. The van der Waals surface area contributed by atoms with Crippen LogP contribution in [0.1, 0.15) is 18.4 Å². The van der Waals surface area contributed by atoms with E-state index in [9.17, 15) is 22.3 Å². The van der Waals surface area contributed by atoms with Gasteiger partial charge in [0.15, 0.2) is 0 Å². The number of ether oxygens (including phenoxy) is 1. The number of benzene rings is 1. The van der Waals surface area contributed by atoms with E-state index in [1.54, 1.807) is 4.90 Å². The average molecular weight is 401 g/mol. The molecule has 2 aliphatic rings. The molecule has 27 heavy (non-hydrogen) atoms. The van der Waals surface area contributed by atoms with Crippen LogP contribution in [0, 0.1) is 11.3 Å². The van der Waals surface area contributed by atoms with Crippen LogP contribution >= 0.6 is 0 Å². The number of hydrogen-bond donors (Lipinski definition) is 2. The number of rotatable bonds is 5. The minimum atomic E-state index is -3.94. The summed E-state index contributed by atoms with van der Waals surface area (Å²) in [4.78, 5) is 1.72. The highest BCUT2D eigenvalue weighted by molar-refractivity contribution is 7.89. The number of piperidine rings is 1. The van der Waals surface area contributed by atoms with Crippen LogP contribution in [0.5, 0.6) is 0 Å². The molecular formula is C17H21F2N3O4S. The smallest absolute Gasteiger partial charge is 0.250 e. The Labute approximate surface area is 156 Å². The second-order valence-electron chi connectivity index (χ2n) is 6.89. The molecule has 2 fully saturated rings. The van der Waals surface area contributed by atoms with Crippen LogP contribution in [0.15, 0.2) is 29.2 Å². The Morgan fingerprint density at radius 3 is 2.74 bits per heavy atom. The number of aliphatic hydroxyl groups excluding tert-OH is 1. The van der Waals surface area contributed by atoms with Crippen molar-refractivity contribution >= 4 is 10.0 Å². The lowest BCUT2D eigenvalue weighted by molar-refractivity contribution is -0.0674. The number of hydrogen-bond acceptors (Lipinski definition) is 6. The van der Waals surface area contributed by atoms with Crippen LogP contribution in [0.2, 0.25) is 0 Å². The van der Waals surface area contributed by atoms with E-state index in [0.717, 1.165) is 0 Å². The number of nitriles is 1. The van der Waals surface area contributed by atoms with Gasteiger partial charge in [-0.2, -0.15) is 5.26 Å². The fourth-order valence-electron chi connectivity index (χ4n) is 3.27. The summed E-state index contributed by atoms with van der Waals surface area (Å²) in [5.74, 6) is -2.65. The van der Waals surface area contributed by atoms with E-state index >= 15 is 0 Å². The maximum Gasteiger partial charge on any atom is 0.250 e. The number of halogens is 2. The van der Waals surface area contributed by atoms with Gasteiger partial charge in [-0.1, -0.05) is 6.07 Å². The Balaban J connectivity index is 1.60. The molecule has 2 N–H and O–H groups in total. The zero-order chi connectivity index (χ0) is 19.7. The van der Waals surface area contributed by atoms with Gasteiger partial charge in [-0.15, -0.1) is 0 Å². The fraction of sp³-hybridized carbons (Fsp3) is 0.588.